The summed E-state index contributed by atoms with van der Waals surface area (Å²) in [7, 11) is 0. The molecule has 1 N–H and O–H groups in total. The fraction of sp³-hybridized carbons (Fsp3) is 0.250. The Morgan fingerprint density at radius 2 is 1.88 bits per heavy atom. The standard InChI is InChI=1S/C16H15F4N3O/c1-2-23(10-11-6-8-21-9-7-11)15(24)22-13-5-3-4-12(14(13)17)16(18,19)20/h3-9H,2,10H2,1H3,(H,22,24). The summed E-state index contributed by atoms with van der Waals surface area (Å²) in [5, 5.41) is 2.19. The van der Waals surface area contributed by atoms with Gasteiger partial charge in [-0.2, -0.15) is 13.2 Å². The van der Waals surface area contributed by atoms with E-state index in [1.54, 1.807) is 31.5 Å². The molecule has 0 aliphatic rings. The third kappa shape index (κ3) is 4.21. The summed E-state index contributed by atoms with van der Waals surface area (Å²) in [5.74, 6) is -1.50. The second-order valence-electron chi connectivity index (χ2n) is 4.96. The minimum absolute atomic E-state index is 0.228. The molecular weight excluding hydrogens is 326 g/mol. The van der Waals surface area contributed by atoms with Crippen LogP contribution in [0.4, 0.5) is 28.0 Å². The van der Waals surface area contributed by atoms with Gasteiger partial charge in [-0.05, 0) is 36.8 Å². The van der Waals surface area contributed by atoms with Crippen LogP contribution < -0.4 is 5.32 Å². The highest BCUT2D eigenvalue weighted by molar-refractivity contribution is 5.89. The van der Waals surface area contributed by atoms with Crippen LogP contribution in [0.1, 0.15) is 18.1 Å². The van der Waals surface area contributed by atoms with E-state index in [9.17, 15) is 22.4 Å². The zero-order chi connectivity index (χ0) is 17.7. The molecule has 1 heterocycles. The lowest BCUT2D eigenvalue weighted by Crippen LogP contribution is -2.34. The van der Waals surface area contributed by atoms with Crippen LogP contribution in [0.25, 0.3) is 0 Å². The van der Waals surface area contributed by atoms with Crippen LogP contribution in [0, 0.1) is 5.82 Å². The van der Waals surface area contributed by atoms with Crippen molar-refractivity contribution in [2.24, 2.45) is 0 Å². The fourth-order valence-corrected chi connectivity index (χ4v) is 2.08. The first kappa shape index (κ1) is 17.7. The number of pyridine rings is 1. The number of hydrogen-bond acceptors (Lipinski definition) is 2. The lowest BCUT2D eigenvalue weighted by atomic mass is 10.1. The number of nitrogens with zero attached hydrogens (tertiary/aromatic N) is 2. The predicted octanol–water partition coefficient (Wildman–Crippen LogP) is 4.29. The number of anilines is 1. The molecule has 0 saturated heterocycles. The van der Waals surface area contributed by atoms with Gasteiger partial charge in [-0.1, -0.05) is 6.07 Å². The van der Waals surface area contributed by atoms with Crippen molar-refractivity contribution in [3.05, 3.63) is 59.7 Å². The number of aromatic nitrogens is 1. The second-order valence-corrected chi connectivity index (χ2v) is 4.96. The van der Waals surface area contributed by atoms with Crippen molar-refractivity contribution in [3.8, 4) is 0 Å². The number of benzene rings is 1. The van der Waals surface area contributed by atoms with Crippen molar-refractivity contribution in [3.63, 3.8) is 0 Å². The van der Waals surface area contributed by atoms with Gasteiger partial charge in [0.05, 0.1) is 11.3 Å². The van der Waals surface area contributed by atoms with Crippen LogP contribution in [-0.2, 0) is 12.7 Å². The highest BCUT2D eigenvalue weighted by atomic mass is 19.4. The van der Waals surface area contributed by atoms with Crippen LogP contribution in [-0.4, -0.2) is 22.5 Å². The summed E-state index contributed by atoms with van der Waals surface area (Å²) in [6.07, 6.45) is -1.70. The molecule has 2 rings (SSSR count). The van der Waals surface area contributed by atoms with Gasteiger partial charge in [0, 0.05) is 25.5 Å². The molecule has 0 aliphatic carbocycles. The molecule has 0 bridgehead atoms. The Balaban J connectivity index is 2.16. The van der Waals surface area contributed by atoms with Gasteiger partial charge < -0.3 is 10.2 Å². The van der Waals surface area contributed by atoms with Crippen LogP contribution in [0.3, 0.4) is 0 Å². The molecule has 0 aliphatic heterocycles. The van der Waals surface area contributed by atoms with Gasteiger partial charge in [0.1, 0.15) is 0 Å². The van der Waals surface area contributed by atoms with Crippen molar-refractivity contribution >= 4 is 11.7 Å². The maximum Gasteiger partial charge on any atom is 0.419 e. The average molecular weight is 341 g/mol. The lowest BCUT2D eigenvalue weighted by Gasteiger charge is -2.22. The van der Waals surface area contributed by atoms with E-state index in [-0.39, 0.29) is 6.54 Å². The average Bonchev–Trinajstić information content (AvgIpc) is 2.54. The van der Waals surface area contributed by atoms with E-state index in [2.05, 4.69) is 10.3 Å². The first-order chi connectivity index (χ1) is 11.3. The van der Waals surface area contributed by atoms with Crippen molar-refractivity contribution in [1.82, 2.24) is 9.88 Å². The molecule has 0 spiro atoms. The Kier molecular flexibility index (Phi) is 5.38. The van der Waals surface area contributed by atoms with E-state index in [0.29, 0.717) is 12.6 Å². The van der Waals surface area contributed by atoms with Crippen LogP contribution in [0.2, 0.25) is 0 Å². The van der Waals surface area contributed by atoms with Crippen molar-refractivity contribution in [2.75, 3.05) is 11.9 Å². The number of halogens is 4. The van der Waals surface area contributed by atoms with E-state index in [4.69, 9.17) is 0 Å². The number of alkyl halides is 3. The quantitative estimate of drug-likeness (QED) is 0.843. The number of carbonyl (C=O) groups is 1. The maximum atomic E-state index is 14.0. The molecule has 1 aromatic carbocycles. The number of amides is 2. The van der Waals surface area contributed by atoms with Crippen LogP contribution in [0.15, 0.2) is 42.7 Å². The highest BCUT2D eigenvalue weighted by Crippen LogP contribution is 2.33. The number of urea groups is 1. The normalized spacial score (nSPS) is 11.2. The number of carbonyl (C=O) groups excluding carboxylic acids is 1. The third-order valence-corrected chi connectivity index (χ3v) is 3.34. The molecule has 2 aromatic rings. The van der Waals surface area contributed by atoms with Gasteiger partial charge >= 0.3 is 12.2 Å². The van der Waals surface area contributed by atoms with E-state index >= 15 is 0 Å². The Labute approximate surface area is 136 Å². The zero-order valence-corrected chi connectivity index (χ0v) is 12.8. The Morgan fingerprint density at radius 3 is 2.46 bits per heavy atom. The van der Waals surface area contributed by atoms with Gasteiger partial charge in [-0.3, -0.25) is 4.98 Å². The van der Waals surface area contributed by atoms with E-state index in [0.717, 1.165) is 17.7 Å². The largest absolute Gasteiger partial charge is 0.419 e. The monoisotopic (exact) mass is 341 g/mol. The molecule has 128 valence electrons. The minimum atomic E-state index is -4.83. The lowest BCUT2D eigenvalue weighted by molar-refractivity contribution is -0.139. The molecule has 0 saturated carbocycles. The topological polar surface area (TPSA) is 45.2 Å². The van der Waals surface area contributed by atoms with Crippen molar-refractivity contribution in [2.45, 2.75) is 19.6 Å². The smallest absolute Gasteiger partial charge is 0.320 e. The first-order valence-electron chi connectivity index (χ1n) is 7.13. The molecule has 4 nitrogen and oxygen atoms in total. The van der Waals surface area contributed by atoms with E-state index < -0.39 is 29.3 Å². The molecule has 8 heteroatoms. The summed E-state index contributed by atoms with van der Waals surface area (Å²) >= 11 is 0. The molecule has 0 unspecified atom stereocenters. The summed E-state index contributed by atoms with van der Waals surface area (Å²) in [6, 6.07) is 5.48. The fourth-order valence-electron chi connectivity index (χ4n) is 2.08. The van der Waals surface area contributed by atoms with Gasteiger partial charge in [-0.15, -0.1) is 0 Å². The highest BCUT2D eigenvalue weighted by Gasteiger charge is 2.35. The van der Waals surface area contributed by atoms with Gasteiger partial charge in [0.2, 0.25) is 0 Å². The number of hydrogen-bond donors (Lipinski definition) is 1. The summed E-state index contributed by atoms with van der Waals surface area (Å²) in [4.78, 5) is 17.4. The molecule has 0 atom stereocenters. The SMILES string of the molecule is CCN(Cc1ccncc1)C(=O)Nc1cccc(C(F)(F)F)c1F. The van der Waals surface area contributed by atoms with Gasteiger partial charge in [-0.25, -0.2) is 9.18 Å². The van der Waals surface area contributed by atoms with E-state index in [1.807, 2.05) is 0 Å². The van der Waals surface area contributed by atoms with Gasteiger partial charge in [0.25, 0.3) is 0 Å². The van der Waals surface area contributed by atoms with Crippen LogP contribution >= 0.6 is 0 Å². The maximum absolute atomic E-state index is 14.0. The summed E-state index contributed by atoms with van der Waals surface area (Å²) in [5.41, 5.74) is -1.13. The molecule has 24 heavy (non-hydrogen) atoms. The number of nitrogens with one attached hydrogen (secondary N) is 1. The van der Waals surface area contributed by atoms with Gasteiger partial charge in [0.15, 0.2) is 5.82 Å². The van der Waals surface area contributed by atoms with Crippen LogP contribution in [0.5, 0.6) is 0 Å². The Bertz CT molecular complexity index is 704. The molecule has 0 fully saturated rings. The summed E-state index contributed by atoms with van der Waals surface area (Å²) in [6.45, 7) is 2.24. The number of rotatable bonds is 4. The molecule has 0 radical (unpaired) electrons. The zero-order valence-electron chi connectivity index (χ0n) is 12.8. The Hall–Kier alpha value is -2.64. The molecule has 1 aromatic heterocycles. The van der Waals surface area contributed by atoms with E-state index in [1.165, 1.54) is 4.90 Å². The van der Waals surface area contributed by atoms with Crippen molar-refractivity contribution < 1.29 is 22.4 Å². The first-order valence-corrected chi connectivity index (χ1v) is 7.13. The predicted molar refractivity (Wildman–Crippen MR) is 80.7 cm³/mol. The molecular formula is C16H15F4N3O. The summed E-state index contributed by atoms with van der Waals surface area (Å²) < 4.78 is 52.1. The Morgan fingerprint density at radius 1 is 1.21 bits per heavy atom. The van der Waals surface area contributed by atoms with Crippen molar-refractivity contribution in [1.29, 1.82) is 0 Å². The molecule has 2 amide bonds. The minimum Gasteiger partial charge on any atom is -0.320 e. The second kappa shape index (κ2) is 7.29. The third-order valence-electron chi connectivity index (χ3n) is 3.34.